The van der Waals surface area contributed by atoms with Crippen molar-refractivity contribution in [3.8, 4) is 0 Å². The molecule has 2 rings (SSSR count). The second-order valence-corrected chi connectivity index (χ2v) is 10.3. The van der Waals surface area contributed by atoms with E-state index < -0.39 is 0 Å². The van der Waals surface area contributed by atoms with Crippen LogP contribution in [0, 0.1) is 16.9 Å². The summed E-state index contributed by atoms with van der Waals surface area (Å²) in [6.45, 7) is 16.9. The Hall–Kier alpha value is 0.564. The van der Waals surface area contributed by atoms with Gasteiger partial charge in [0.2, 0.25) is 0 Å². The van der Waals surface area contributed by atoms with E-state index in [1.807, 2.05) is 0 Å². The Balaban J connectivity index is 0. The van der Waals surface area contributed by atoms with Gasteiger partial charge < -0.3 is 29.0 Å². The van der Waals surface area contributed by atoms with E-state index in [4.69, 9.17) is 4.18 Å². The zero-order valence-corrected chi connectivity index (χ0v) is 22.3. The molecule has 1 nitrogen and oxygen atoms in total. The minimum absolute atomic E-state index is 0. The predicted molar refractivity (Wildman–Crippen MR) is 111 cm³/mol. The predicted octanol–water partition coefficient (Wildman–Crippen LogP) is 1.23. The third-order valence-electron chi connectivity index (χ3n) is 4.93. The Morgan fingerprint density at radius 3 is 2.21 bits per heavy atom. The van der Waals surface area contributed by atoms with Gasteiger partial charge in [0.05, 0.1) is 11.4 Å². The zero-order chi connectivity index (χ0) is 18.7. The average molecular weight is 478 g/mol. The molecule has 1 unspecified atom stereocenters. The van der Waals surface area contributed by atoms with E-state index in [1.54, 1.807) is 12.0 Å². The van der Waals surface area contributed by atoms with Crippen LogP contribution in [0.25, 0.3) is 0 Å². The van der Waals surface area contributed by atoms with Crippen LogP contribution in [0.5, 0.6) is 0 Å². The van der Waals surface area contributed by atoms with Gasteiger partial charge in [-0.2, -0.15) is 6.08 Å². The summed E-state index contributed by atoms with van der Waals surface area (Å²) in [5.41, 5.74) is 4.43. The van der Waals surface area contributed by atoms with Gasteiger partial charge in [-0.1, -0.05) is 67.0 Å². The largest absolute Gasteiger partial charge is 3.00 e. The Morgan fingerprint density at radius 2 is 1.75 bits per heavy atom. The number of halogens is 2. The maximum Gasteiger partial charge on any atom is 3.00 e. The van der Waals surface area contributed by atoms with E-state index in [-0.39, 0.29) is 62.1 Å². The molecular weight excluding hydrogens is 443 g/mol. The molecule has 1 radical (unpaired) electrons. The van der Waals surface area contributed by atoms with Crippen LogP contribution in [-0.4, -0.2) is 11.4 Å². The Morgan fingerprint density at radius 1 is 1.11 bits per heavy atom. The third-order valence-corrected chi connectivity index (χ3v) is 6.11. The van der Waals surface area contributed by atoms with Crippen LogP contribution in [0.1, 0.15) is 74.1 Å². The van der Waals surface area contributed by atoms with Crippen molar-refractivity contribution in [2.24, 2.45) is 10.8 Å². The van der Waals surface area contributed by atoms with Crippen LogP contribution in [0.4, 0.5) is 0 Å². The summed E-state index contributed by atoms with van der Waals surface area (Å²) in [6.07, 6.45) is 17.1. The second-order valence-electron chi connectivity index (χ2n) is 9.20. The van der Waals surface area contributed by atoms with Crippen molar-refractivity contribution in [1.82, 2.24) is 0 Å². The summed E-state index contributed by atoms with van der Waals surface area (Å²) in [4.78, 5) is 0. The van der Waals surface area contributed by atoms with Gasteiger partial charge in [0, 0.05) is 12.0 Å². The van der Waals surface area contributed by atoms with Crippen LogP contribution < -0.4 is 24.8 Å². The number of unbranched alkanes of at least 4 members (excludes halogenated alkanes) is 1. The molecule has 0 aliphatic heterocycles. The first kappa shape index (κ1) is 30.8. The van der Waals surface area contributed by atoms with Gasteiger partial charge in [-0.05, 0) is 34.8 Å². The standard InChI is InChI=1S/C23H35OS.2ClH.Ti/c1-8-9-16-24-25-23(18-12-10-11-13-18)15-14-19(21(2,3)4)17-20(23)22(5,6)7;;;/h10,12,14,17H,8-9,11,15-16H2,1-7H3;2*1H;/q-1;;;+3/p-2. The maximum atomic E-state index is 6.13. The summed E-state index contributed by atoms with van der Waals surface area (Å²) in [6, 6.07) is 0. The van der Waals surface area contributed by atoms with E-state index >= 15 is 0 Å². The zero-order valence-electron chi connectivity index (χ0n) is 18.4. The molecule has 0 fully saturated rings. The number of allylic oxidation sites excluding steroid dienone is 6. The van der Waals surface area contributed by atoms with E-state index in [0.29, 0.717) is 0 Å². The average Bonchev–Trinajstić information content (AvgIpc) is 3.04. The fourth-order valence-electron chi connectivity index (χ4n) is 3.45. The van der Waals surface area contributed by atoms with Gasteiger partial charge in [-0.25, -0.2) is 11.6 Å². The van der Waals surface area contributed by atoms with Crippen molar-refractivity contribution in [3.05, 3.63) is 47.1 Å². The van der Waals surface area contributed by atoms with Gasteiger partial charge in [0.15, 0.2) is 0 Å². The first-order chi connectivity index (χ1) is 11.6. The minimum atomic E-state index is -0.145. The third kappa shape index (κ3) is 7.36. The van der Waals surface area contributed by atoms with Crippen LogP contribution in [-0.2, 0) is 25.9 Å². The molecule has 28 heavy (non-hydrogen) atoms. The van der Waals surface area contributed by atoms with Crippen LogP contribution in [0.2, 0.25) is 0 Å². The molecule has 0 spiro atoms. The Labute approximate surface area is 205 Å². The monoisotopic (exact) mass is 477 g/mol. The summed E-state index contributed by atoms with van der Waals surface area (Å²) >= 11 is 1.67. The molecule has 0 saturated heterocycles. The minimum Gasteiger partial charge on any atom is -1.00 e. The molecular formula is C23H35Cl2OSTi. The normalized spacial score (nSPS) is 21.6. The van der Waals surface area contributed by atoms with Crippen molar-refractivity contribution < 1.29 is 50.7 Å². The van der Waals surface area contributed by atoms with Crippen molar-refractivity contribution in [3.63, 3.8) is 0 Å². The molecule has 1 atom stereocenters. The summed E-state index contributed by atoms with van der Waals surface area (Å²) in [7, 11) is 0. The second kappa shape index (κ2) is 12.4. The summed E-state index contributed by atoms with van der Waals surface area (Å²) < 4.78 is 5.98. The Kier molecular flexibility index (Phi) is 13.6. The van der Waals surface area contributed by atoms with Gasteiger partial charge in [0.1, 0.15) is 0 Å². The van der Waals surface area contributed by atoms with Gasteiger partial charge in [-0.3, -0.25) is 6.08 Å². The molecule has 0 saturated carbocycles. The molecule has 0 aromatic heterocycles. The first-order valence-electron chi connectivity index (χ1n) is 9.63. The molecule has 0 aromatic rings. The fraction of sp³-hybridized carbons (Fsp3) is 0.652. The molecule has 0 aromatic carbocycles. The van der Waals surface area contributed by atoms with E-state index in [9.17, 15) is 0 Å². The van der Waals surface area contributed by atoms with E-state index in [1.165, 1.54) is 23.1 Å². The molecule has 2 aliphatic carbocycles. The van der Waals surface area contributed by atoms with Gasteiger partial charge in [-0.15, -0.1) is 6.42 Å². The molecule has 157 valence electrons. The molecule has 0 bridgehead atoms. The molecule has 0 N–H and O–H groups in total. The molecule has 0 heterocycles. The SMILES string of the molecule is CCCCOSC1(C2=[C-]CC=C2)CC=C(C(C)(C)C)C=C1C(C)(C)C.[Cl-].[Cl-].[Ti+3]. The van der Waals surface area contributed by atoms with Gasteiger partial charge in [0.25, 0.3) is 0 Å². The van der Waals surface area contributed by atoms with Crippen LogP contribution in [0.15, 0.2) is 41.0 Å². The van der Waals surface area contributed by atoms with Crippen molar-refractivity contribution in [2.75, 3.05) is 6.61 Å². The molecule has 0 amide bonds. The summed E-state index contributed by atoms with van der Waals surface area (Å²) in [5, 5.41) is 0. The molecule has 2 aliphatic rings. The summed E-state index contributed by atoms with van der Waals surface area (Å²) in [5.74, 6) is 0. The Bertz CT molecular complexity index is 609. The number of hydrogen-bond acceptors (Lipinski definition) is 2. The maximum absolute atomic E-state index is 6.13. The number of hydrogen-bond donors (Lipinski definition) is 0. The van der Waals surface area contributed by atoms with E-state index in [0.717, 1.165) is 25.9 Å². The first-order valence-corrected chi connectivity index (χ1v) is 10.4. The van der Waals surface area contributed by atoms with E-state index in [2.05, 4.69) is 78.8 Å². The smallest absolute Gasteiger partial charge is 1.00 e. The van der Waals surface area contributed by atoms with Gasteiger partial charge >= 0.3 is 21.7 Å². The number of rotatable bonds is 6. The van der Waals surface area contributed by atoms with Crippen LogP contribution in [0.3, 0.4) is 0 Å². The molecule has 5 heteroatoms. The van der Waals surface area contributed by atoms with Crippen molar-refractivity contribution in [2.45, 2.75) is 78.9 Å². The van der Waals surface area contributed by atoms with Crippen LogP contribution >= 0.6 is 12.0 Å². The van der Waals surface area contributed by atoms with Crippen molar-refractivity contribution in [1.29, 1.82) is 0 Å². The quantitative estimate of drug-likeness (QED) is 0.246. The topological polar surface area (TPSA) is 9.23 Å². The fourth-order valence-corrected chi connectivity index (χ4v) is 4.68. The van der Waals surface area contributed by atoms with Crippen molar-refractivity contribution >= 4 is 12.0 Å².